The average molecular weight is 248 g/mol. The maximum Gasteiger partial charge on any atom is 0.134 e. The Kier molecular flexibility index (Phi) is 4.63. The predicted octanol–water partition coefficient (Wildman–Crippen LogP) is 1.66. The van der Waals surface area contributed by atoms with Crippen LogP contribution in [0.3, 0.4) is 0 Å². The van der Waals surface area contributed by atoms with Gasteiger partial charge >= 0.3 is 0 Å². The Morgan fingerprint density at radius 2 is 2.33 bits per heavy atom. The molecule has 1 unspecified atom stereocenters. The minimum atomic E-state index is -0.753. The lowest BCUT2D eigenvalue weighted by atomic mass is 10.1. The zero-order chi connectivity index (χ0) is 11.3. The van der Waals surface area contributed by atoms with Crippen LogP contribution in [0.2, 0.25) is 5.15 Å². The molecule has 0 aliphatic rings. The van der Waals surface area contributed by atoms with Crippen molar-refractivity contribution >= 4 is 29.2 Å². The normalized spacial score (nSPS) is 14.7. The van der Waals surface area contributed by atoms with Crippen molar-refractivity contribution in [3.63, 3.8) is 0 Å². The van der Waals surface area contributed by atoms with Gasteiger partial charge in [-0.15, -0.1) is 0 Å². The number of thioether (sulfide) groups is 1. The number of hydrogen-bond donors (Lipinski definition) is 2. The van der Waals surface area contributed by atoms with Crippen LogP contribution < -0.4 is 5.32 Å². The van der Waals surface area contributed by atoms with Crippen molar-refractivity contribution < 1.29 is 5.11 Å². The Morgan fingerprint density at radius 1 is 1.60 bits per heavy atom. The van der Waals surface area contributed by atoms with Crippen molar-refractivity contribution in [1.29, 1.82) is 0 Å². The van der Waals surface area contributed by atoms with Crippen molar-refractivity contribution in [3.05, 3.63) is 17.5 Å². The van der Waals surface area contributed by atoms with Crippen molar-refractivity contribution in [2.75, 3.05) is 23.9 Å². The third-order valence-electron chi connectivity index (χ3n) is 1.74. The summed E-state index contributed by atoms with van der Waals surface area (Å²) in [6.45, 7) is 2.21. The molecule has 4 nitrogen and oxygen atoms in total. The first-order valence-electron chi connectivity index (χ1n) is 4.46. The van der Waals surface area contributed by atoms with E-state index in [0.717, 1.165) is 0 Å². The lowest BCUT2D eigenvalue weighted by Gasteiger charge is -2.22. The quantitative estimate of drug-likeness (QED) is 0.775. The molecule has 0 bridgehead atoms. The number of nitrogens with one attached hydrogen (secondary N) is 1. The maximum atomic E-state index is 9.89. The summed E-state index contributed by atoms with van der Waals surface area (Å²) in [4.78, 5) is 7.75. The zero-order valence-electron chi connectivity index (χ0n) is 8.70. The van der Waals surface area contributed by atoms with Gasteiger partial charge in [-0.3, -0.25) is 0 Å². The zero-order valence-corrected chi connectivity index (χ0v) is 10.3. The fraction of sp³-hybridized carbons (Fsp3) is 0.556. The Labute approximate surface area is 98.5 Å². The topological polar surface area (TPSA) is 58.0 Å². The van der Waals surface area contributed by atoms with Crippen molar-refractivity contribution in [2.45, 2.75) is 12.5 Å². The second-order valence-electron chi connectivity index (χ2n) is 3.51. The van der Waals surface area contributed by atoms with Gasteiger partial charge in [0, 0.05) is 18.4 Å². The van der Waals surface area contributed by atoms with E-state index in [4.69, 9.17) is 11.6 Å². The SMILES string of the molecule is CSCC(C)(O)CNc1cc(Cl)ncn1. The van der Waals surface area contributed by atoms with E-state index in [9.17, 15) is 5.11 Å². The number of rotatable bonds is 5. The van der Waals surface area contributed by atoms with Gasteiger partial charge in [0.15, 0.2) is 0 Å². The molecule has 0 aliphatic heterocycles. The summed E-state index contributed by atoms with van der Waals surface area (Å²) in [5.74, 6) is 1.29. The number of anilines is 1. The Balaban J connectivity index is 2.49. The molecule has 1 rings (SSSR count). The van der Waals surface area contributed by atoms with Crippen LogP contribution in [0.5, 0.6) is 0 Å². The molecule has 0 saturated heterocycles. The molecule has 0 spiro atoms. The lowest BCUT2D eigenvalue weighted by molar-refractivity contribution is 0.0996. The predicted molar refractivity (Wildman–Crippen MR) is 64.5 cm³/mol. The van der Waals surface area contributed by atoms with Gasteiger partial charge in [-0.05, 0) is 13.2 Å². The third-order valence-corrected chi connectivity index (χ3v) is 2.86. The number of halogens is 1. The molecule has 2 N–H and O–H groups in total. The van der Waals surface area contributed by atoms with Crippen LogP contribution >= 0.6 is 23.4 Å². The molecule has 15 heavy (non-hydrogen) atoms. The van der Waals surface area contributed by atoms with Crippen molar-refractivity contribution in [1.82, 2.24) is 9.97 Å². The standard InChI is InChI=1S/C9H14ClN3OS/c1-9(14,5-15-2)4-11-8-3-7(10)12-6-13-8/h3,6,14H,4-5H2,1-2H3,(H,11,12,13). The van der Waals surface area contributed by atoms with Gasteiger partial charge in [0.1, 0.15) is 17.3 Å². The molecule has 84 valence electrons. The van der Waals surface area contributed by atoms with Crippen molar-refractivity contribution in [3.8, 4) is 0 Å². The van der Waals surface area contributed by atoms with Crippen LogP contribution in [-0.4, -0.2) is 39.2 Å². The third kappa shape index (κ3) is 4.68. The van der Waals surface area contributed by atoms with E-state index in [1.54, 1.807) is 24.8 Å². The van der Waals surface area contributed by atoms with Crippen LogP contribution in [0.1, 0.15) is 6.92 Å². The smallest absolute Gasteiger partial charge is 0.134 e. The van der Waals surface area contributed by atoms with Crippen LogP contribution in [-0.2, 0) is 0 Å². The highest BCUT2D eigenvalue weighted by Crippen LogP contribution is 2.13. The Hall–Kier alpha value is -0.520. The van der Waals surface area contributed by atoms with Crippen molar-refractivity contribution in [2.24, 2.45) is 0 Å². The summed E-state index contributed by atoms with van der Waals surface area (Å²) in [5.41, 5.74) is -0.753. The lowest BCUT2D eigenvalue weighted by Crippen LogP contribution is -2.36. The van der Waals surface area contributed by atoms with E-state index in [1.165, 1.54) is 6.33 Å². The Bertz CT molecular complexity index is 322. The summed E-state index contributed by atoms with van der Waals surface area (Å²) in [6.07, 6.45) is 3.34. The molecule has 0 amide bonds. The van der Waals surface area contributed by atoms with E-state index in [2.05, 4.69) is 15.3 Å². The molecular weight excluding hydrogens is 234 g/mol. The van der Waals surface area contributed by atoms with Gasteiger partial charge in [0.25, 0.3) is 0 Å². The molecule has 0 saturated carbocycles. The maximum absolute atomic E-state index is 9.89. The van der Waals surface area contributed by atoms with Gasteiger partial charge < -0.3 is 10.4 Å². The molecule has 1 aromatic heterocycles. The minimum Gasteiger partial charge on any atom is -0.387 e. The summed E-state index contributed by atoms with van der Waals surface area (Å²) < 4.78 is 0. The van der Waals surface area contributed by atoms with E-state index in [-0.39, 0.29) is 0 Å². The van der Waals surface area contributed by atoms with Crippen LogP contribution in [0.4, 0.5) is 5.82 Å². The highest BCUT2D eigenvalue weighted by molar-refractivity contribution is 7.98. The summed E-state index contributed by atoms with van der Waals surface area (Å²) in [6, 6.07) is 1.62. The van der Waals surface area contributed by atoms with E-state index in [1.807, 2.05) is 6.26 Å². The van der Waals surface area contributed by atoms with Crippen LogP contribution in [0.25, 0.3) is 0 Å². The second kappa shape index (κ2) is 5.53. The van der Waals surface area contributed by atoms with Gasteiger partial charge in [-0.2, -0.15) is 11.8 Å². The number of nitrogens with zero attached hydrogens (tertiary/aromatic N) is 2. The number of aliphatic hydroxyl groups is 1. The fourth-order valence-corrected chi connectivity index (χ4v) is 1.94. The molecule has 6 heteroatoms. The average Bonchev–Trinajstić information content (AvgIpc) is 2.15. The molecule has 0 radical (unpaired) electrons. The minimum absolute atomic E-state index is 0.386. The number of hydrogen-bond acceptors (Lipinski definition) is 5. The summed E-state index contributed by atoms with van der Waals surface area (Å²) >= 11 is 7.30. The first kappa shape index (κ1) is 12.5. The van der Waals surface area contributed by atoms with E-state index >= 15 is 0 Å². The fourth-order valence-electron chi connectivity index (χ4n) is 1.07. The van der Waals surface area contributed by atoms with Crippen LogP contribution in [0.15, 0.2) is 12.4 Å². The summed E-state index contributed by atoms with van der Waals surface area (Å²) in [7, 11) is 0. The molecule has 0 fully saturated rings. The second-order valence-corrected chi connectivity index (χ2v) is 4.76. The summed E-state index contributed by atoms with van der Waals surface area (Å²) in [5, 5.41) is 13.3. The number of aromatic nitrogens is 2. The highest BCUT2D eigenvalue weighted by Gasteiger charge is 2.19. The first-order chi connectivity index (χ1) is 7.03. The largest absolute Gasteiger partial charge is 0.387 e. The molecule has 1 heterocycles. The molecule has 1 atom stereocenters. The van der Waals surface area contributed by atoms with Gasteiger partial charge in [0.2, 0.25) is 0 Å². The first-order valence-corrected chi connectivity index (χ1v) is 6.23. The monoisotopic (exact) mass is 247 g/mol. The molecule has 0 aliphatic carbocycles. The van der Waals surface area contributed by atoms with Gasteiger partial charge in [-0.25, -0.2) is 9.97 Å². The van der Waals surface area contributed by atoms with E-state index in [0.29, 0.717) is 23.3 Å². The van der Waals surface area contributed by atoms with Gasteiger partial charge in [0.05, 0.1) is 5.60 Å². The molecule has 0 aromatic carbocycles. The Morgan fingerprint density at radius 3 is 2.93 bits per heavy atom. The van der Waals surface area contributed by atoms with Gasteiger partial charge in [-0.1, -0.05) is 11.6 Å². The van der Waals surface area contributed by atoms with E-state index < -0.39 is 5.60 Å². The molecular formula is C9H14ClN3OS. The van der Waals surface area contributed by atoms with Crippen LogP contribution in [0, 0.1) is 0 Å². The molecule has 1 aromatic rings. The highest BCUT2D eigenvalue weighted by atomic mass is 35.5.